The van der Waals surface area contributed by atoms with Gasteiger partial charge in [0.2, 0.25) is 11.8 Å². The third-order valence-electron chi connectivity index (χ3n) is 6.82. The van der Waals surface area contributed by atoms with Crippen molar-refractivity contribution in [2.45, 2.75) is 65.4 Å². The van der Waals surface area contributed by atoms with Crippen LogP contribution in [-0.2, 0) is 26.2 Å². The van der Waals surface area contributed by atoms with Crippen LogP contribution < -0.4 is 9.62 Å². The molecule has 2 amide bonds. The van der Waals surface area contributed by atoms with Crippen molar-refractivity contribution in [3.05, 3.63) is 95.1 Å². The maximum atomic E-state index is 14.1. The molecule has 0 fully saturated rings. The van der Waals surface area contributed by atoms with Crippen molar-refractivity contribution >= 4 is 27.5 Å². The molecule has 1 atom stereocenters. The lowest BCUT2D eigenvalue weighted by atomic mass is 10.1. The van der Waals surface area contributed by atoms with E-state index in [1.807, 2.05) is 77.9 Å². The van der Waals surface area contributed by atoms with Crippen LogP contribution in [0.1, 0.15) is 49.4 Å². The maximum absolute atomic E-state index is 14.1. The number of nitrogens with zero attached hydrogens (tertiary/aromatic N) is 2. The third kappa shape index (κ3) is 7.72. The lowest BCUT2D eigenvalue weighted by Gasteiger charge is -2.33. The molecule has 0 aliphatic rings. The van der Waals surface area contributed by atoms with Crippen LogP contribution in [0.4, 0.5) is 5.69 Å². The van der Waals surface area contributed by atoms with Crippen molar-refractivity contribution in [1.82, 2.24) is 10.2 Å². The number of benzene rings is 3. The van der Waals surface area contributed by atoms with Crippen molar-refractivity contribution in [2.75, 3.05) is 17.4 Å². The quantitative estimate of drug-likeness (QED) is 0.320. The van der Waals surface area contributed by atoms with Gasteiger partial charge in [0.15, 0.2) is 0 Å². The number of sulfonamides is 1. The molecule has 0 heterocycles. The van der Waals surface area contributed by atoms with Gasteiger partial charge in [-0.05, 0) is 62.4 Å². The second-order valence-electron chi connectivity index (χ2n) is 10.7. The molecule has 40 heavy (non-hydrogen) atoms. The van der Waals surface area contributed by atoms with Crippen molar-refractivity contribution in [1.29, 1.82) is 0 Å². The molecule has 0 aromatic heterocycles. The van der Waals surface area contributed by atoms with Crippen LogP contribution in [0, 0.1) is 26.7 Å². The van der Waals surface area contributed by atoms with Crippen LogP contribution >= 0.6 is 0 Å². The summed E-state index contributed by atoms with van der Waals surface area (Å²) in [5, 5.41) is 2.95. The Balaban J connectivity index is 2.05. The van der Waals surface area contributed by atoms with Gasteiger partial charge in [-0.25, -0.2) is 8.42 Å². The zero-order chi connectivity index (χ0) is 29.4. The summed E-state index contributed by atoms with van der Waals surface area (Å²) in [6.45, 7) is 11.8. The number of carbonyl (C=O) groups is 2. The van der Waals surface area contributed by atoms with E-state index >= 15 is 0 Å². The fraction of sp³-hybridized carbons (Fsp3) is 0.375. The summed E-state index contributed by atoms with van der Waals surface area (Å²) in [5.74, 6) is -0.453. The monoisotopic (exact) mass is 563 g/mol. The Hall–Kier alpha value is -3.65. The van der Waals surface area contributed by atoms with Crippen LogP contribution in [0.5, 0.6) is 0 Å². The SMILES string of the molecule is CC[C@@H](C(=O)NCC(C)C)N(Cc1ccc(C)cc1)C(=O)CN(c1ccccc1C)S(=O)(=O)c1ccc(C)cc1. The summed E-state index contributed by atoms with van der Waals surface area (Å²) in [7, 11) is -4.09. The lowest BCUT2D eigenvalue weighted by molar-refractivity contribution is -0.140. The van der Waals surface area contributed by atoms with E-state index in [1.54, 1.807) is 36.4 Å². The van der Waals surface area contributed by atoms with Gasteiger partial charge < -0.3 is 10.2 Å². The molecule has 0 spiro atoms. The number of anilines is 1. The van der Waals surface area contributed by atoms with Crippen LogP contribution in [0.25, 0.3) is 0 Å². The highest BCUT2D eigenvalue weighted by atomic mass is 32.2. The fourth-order valence-electron chi connectivity index (χ4n) is 4.43. The largest absolute Gasteiger partial charge is 0.354 e. The molecule has 0 saturated carbocycles. The Labute approximate surface area is 239 Å². The zero-order valence-electron chi connectivity index (χ0n) is 24.3. The van der Waals surface area contributed by atoms with Gasteiger partial charge in [0.1, 0.15) is 12.6 Å². The summed E-state index contributed by atoms with van der Waals surface area (Å²) in [6.07, 6.45) is 0.386. The minimum Gasteiger partial charge on any atom is -0.354 e. The second-order valence-corrected chi connectivity index (χ2v) is 12.5. The number of amides is 2. The molecular formula is C32H41N3O4S. The van der Waals surface area contributed by atoms with Gasteiger partial charge >= 0.3 is 0 Å². The highest BCUT2D eigenvalue weighted by Gasteiger charge is 2.34. The van der Waals surface area contributed by atoms with E-state index in [2.05, 4.69) is 5.32 Å². The number of hydrogen-bond donors (Lipinski definition) is 1. The van der Waals surface area contributed by atoms with Gasteiger partial charge in [0.05, 0.1) is 10.6 Å². The molecule has 3 aromatic rings. The van der Waals surface area contributed by atoms with E-state index in [0.717, 1.165) is 26.6 Å². The van der Waals surface area contributed by atoms with Crippen molar-refractivity contribution in [3.8, 4) is 0 Å². The van der Waals surface area contributed by atoms with Gasteiger partial charge in [-0.15, -0.1) is 0 Å². The number of aryl methyl sites for hydroxylation is 3. The highest BCUT2D eigenvalue weighted by molar-refractivity contribution is 7.92. The molecule has 0 bridgehead atoms. The van der Waals surface area contributed by atoms with Crippen molar-refractivity contribution in [2.24, 2.45) is 5.92 Å². The van der Waals surface area contributed by atoms with E-state index in [0.29, 0.717) is 18.7 Å². The van der Waals surface area contributed by atoms with Crippen LogP contribution in [0.2, 0.25) is 0 Å². The van der Waals surface area contributed by atoms with Crippen molar-refractivity contribution < 1.29 is 18.0 Å². The second kappa shape index (κ2) is 13.6. The smallest absolute Gasteiger partial charge is 0.264 e. The van der Waals surface area contributed by atoms with Gasteiger partial charge in [0.25, 0.3) is 10.0 Å². The van der Waals surface area contributed by atoms with E-state index in [1.165, 1.54) is 4.90 Å². The van der Waals surface area contributed by atoms with Crippen molar-refractivity contribution in [3.63, 3.8) is 0 Å². The first-order valence-corrected chi connectivity index (χ1v) is 15.2. The molecule has 1 N–H and O–H groups in total. The minimum absolute atomic E-state index is 0.0981. The summed E-state index contributed by atoms with van der Waals surface area (Å²) in [6, 6.07) is 20.7. The molecule has 214 valence electrons. The Kier molecular flexibility index (Phi) is 10.5. The molecule has 3 rings (SSSR count). The zero-order valence-corrected chi connectivity index (χ0v) is 25.2. The Morgan fingerprint density at radius 2 is 1.43 bits per heavy atom. The maximum Gasteiger partial charge on any atom is 0.264 e. The van der Waals surface area contributed by atoms with E-state index in [4.69, 9.17) is 0 Å². The van der Waals surface area contributed by atoms with Gasteiger partial charge in [-0.3, -0.25) is 13.9 Å². The predicted molar refractivity (Wildman–Crippen MR) is 161 cm³/mol. The summed E-state index contributed by atoms with van der Waals surface area (Å²) < 4.78 is 29.1. The Morgan fingerprint density at radius 1 is 0.850 bits per heavy atom. The normalized spacial score (nSPS) is 12.2. The predicted octanol–water partition coefficient (Wildman–Crippen LogP) is 5.39. The lowest BCUT2D eigenvalue weighted by Crippen LogP contribution is -2.52. The Bertz CT molecular complexity index is 1400. The number of para-hydroxylation sites is 1. The van der Waals surface area contributed by atoms with E-state index < -0.39 is 28.5 Å². The van der Waals surface area contributed by atoms with Gasteiger partial charge in [-0.1, -0.05) is 86.5 Å². The molecule has 3 aromatic carbocycles. The summed E-state index contributed by atoms with van der Waals surface area (Å²) in [4.78, 5) is 29.0. The molecular weight excluding hydrogens is 522 g/mol. The van der Waals surface area contributed by atoms with E-state index in [9.17, 15) is 18.0 Å². The summed E-state index contributed by atoms with van der Waals surface area (Å²) >= 11 is 0. The molecule has 8 heteroatoms. The molecule has 7 nitrogen and oxygen atoms in total. The number of carbonyl (C=O) groups excluding carboxylic acids is 2. The first kappa shape index (κ1) is 30.9. The van der Waals surface area contributed by atoms with Crippen LogP contribution in [0.3, 0.4) is 0 Å². The topological polar surface area (TPSA) is 86.8 Å². The average molecular weight is 564 g/mol. The van der Waals surface area contributed by atoms with E-state index in [-0.39, 0.29) is 23.3 Å². The van der Waals surface area contributed by atoms with Crippen LogP contribution in [-0.4, -0.2) is 44.3 Å². The number of rotatable bonds is 12. The first-order valence-electron chi connectivity index (χ1n) is 13.7. The fourth-order valence-corrected chi connectivity index (χ4v) is 5.90. The number of nitrogens with one attached hydrogen (secondary N) is 1. The highest BCUT2D eigenvalue weighted by Crippen LogP contribution is 2.27. The Morgan fingerprint density at radius 3 is 1.98 bits per heavy atom. The first-order chi connectivity index (χ1) is 18.9. The third-order valence-corrected chi connectivity index (χ3v) is 8.59. The minimum atomic E-state index is -4.09. The standard InChI is InChI=1S/C32H41N3O4S/c1-7-29(32(37)33-20-23(2)3)34(21-27-16-12-24(4)13-17-27)31(36)22-35(30-11-9-8-10-26(30)6)40(38,39)28-18-14-25(5)15-19-28/h8-19,23,29H,7,20-22H2,1-6H3,(H,33,37)/t29-/m0/s1. The number of hydrogen-bond acceptors (Lipinski definition) is 4. The molecule has 0 aliphatic carbocycles. The van der Waals surface area contributed by atoms with Crippen LogP contribution in [0.15, 0.2) is 77.7 Å². The molecule has 0 unspecified atom stereocenters. The molecule has 0 saturated heterocycles. The molecule has 0 aliphatic heterocycles. The van der Waals surface area contributed by atoms with Gasteiger partial charge in [0, 0.05) is 13.1 Å². The average Bonchev–Trinajstić information content (AvgIpc) is 2.92. The van der Waals surface area contributed by atoms with Gasteiger partial charge in [-0.2, -0.15) is 0 Å². The summed E-state index contributed by atoms with van der Waals surface area (Å²) in [5.41, 5.74) is 4.01. The molecule has 0 radical (unpaired) electrons.